The summed E-state index contributed by atoms with van der Waals surface area (Å²) in [5.41, 5.74) is 1.61. The maximum absolute atomic E-state index is 13.0. The van der Waals surface area contributed by atoms with Crippen LogP contribution in [0.25, 0.3) is 0 Å². The van der Waals surface area contributed by atoms with E-state index in [1.807, 2.05) is 29.6 Å². The molecular weight excluding hydrogens is 436 g/mol. The number of carbonyl (C=O) groups is 2. The van der Waals surface area contributed by atoms with Crippen molar-refractivity contribution in [2.45, 2.75) is 19.0 Å². The van der Waals surface area contributed by atoms with Gasteiger partial charge in [0.25, 0.3) is 5.91 Å². The van der Waals surface area contributed by atoms with E-state index in [9.17, 15) is 9.59 Å². The molecule has 0 bridgehead atoms. The molecule has 166 valence electrons. The molecule has 2 aromatic heterocycles. The molecule has 0 saturated heterocycles. The van der Waals surface area contributed by atoms with Crippen LogP contribution in [0.1, 0.15) is 22.9 Å². The Hall–Kier alpha value is -3.80. The summed E-state index contributed by atoms with van der Waals surface area (Å²) in [4.78, 5) is 26.0. The first kappa shape index (κ1) is 21.4. The molecule has 32 heavy (non-hydrogen) atoms. The zero-order valence-electron chi connectivity index (χ0n) is 17.4. The molecule has 3 aromatic rings. The molecule has 1 unspecified atom stereocenters. The number of carbonyl (C=O) groups excluding carboxylic acids is 2. The van der Waals surface area contributed by atoms with Crippen molar-refractivity contribution in [2.24, 2.45) is 5.10 Å². The van der Waals surface area contributed by atoms with Gasteiger partial charge in [0.2, 0.25) is 0 Å². The van der Waals surface area contributed by atoms with Crippen molar-refractivity contribution < 1.29 is 23.8 Å². The van der Waals surface area contributed by atoms with Gasteiger partial charge in [-0.25, -0.2) is 9.69 Å². The standard InChI is InChI=1S/C20H20N6O5S/c1-29-16-6-5-13(8-17(16)30-2)15-9-14(18-4-3-7-32-18)22-26(15)19(27)11-31-20(28)10-25-12-21-23-24-25/h3-8,12,15H,9-11H2,1-2H3. The van der Waals surface area contributed by atoms with Gasteiger partial charge in [-0.1, -0.05) is 12.1 Å². The second-order valence-electron chi connectivity index (χ2n) is 6.76. The Balaban J connectivity index is 1.53. The van der Waals surface area contributed by atoms with Crippen LogP contribution < -0.4 is 9.47 Å². The Bertz CT molecular complexity index is 1120. The quantitative estimate of drug-likeness (QED) is 0.469. The van der Waals surface area contributed by atoms with E-state index in [0.29, 0.717) is 17.9 Å². The molecule has 1 aliphatic rings. The number of aromatic nitrogens is 4. The smallest absolute Gasteiger partial charge is 0.328 e. The Labute approximate surface area is 187 Å². The fourth-order valence-corrected chi connectivity index (χ4v) is 4.01. The van der Waals surface area contributed by atoms with E-state index in [4.69, 9.17) is 14.2 Å². The van der Waals surface area contributed by atoms with Gasteiger partial charge in [-0.3, -0.25) is 9.59 Å². The van der Waals surface area contributed by atoms with Crippen molar-refractivity contribution in [2.75, 3.05) is 20.8 Å². The van der Waals surface area contributed by atoms with Gasteiger partial charge in [0.15, 0.2) is 18.1 Å². The molecular formula is C20H20N6O5S. The molecule has 0 N–H and O–H groups in total. The highest BCUT2D eigenvalue weighted by molar-refractivity contribution is 7.12. The van der Waals surface area contributed by atoms with Gasteiger partial charge in [0, 0.05) is 6.42 Å². The van der Waals surface area contributed by atoms with Crippen molar-refractivity contribution in [3.8, 4) is 11.5 Å². The summed E-state index contributed by atoms with van der Waals surface area (Å²) < 4.78 is 17.1. The molecule has 11 nitrogen and oxygen atoms in total. The van der Waals surface area contributed by atoms with Crippen molar-refractivity contribution in [1.82, 2.24) is 25.2 Å². The minimum Gasteiger partial charge on any atom is -0.493 e. The van der Waals surface area contributed by atoms with Crippen molar-refractivity contribution in [1.29, 1.82) is 0 Å². The van der Waals surface area contributed by atoms with E-state index in [-0.39, 0.29) is 12.6 Å². The van der Waals surface area contributed by atoms with Crippen LogP contribution in [0.5, 0.6) is 11.5 Å². The summed E-state index contributed by atoms with van der Waals surface area (Å²) in [5.74, 6) is 0.0641. The number of amides is 1. The minimum absolute atomic E-state index is 0.191. The van der Waals surface area contributed by atoms with Crippen LogP contribution >= 0.6 is 11.3 Å². The predicted octanol–water partition coefficient (Wildman–Crippen LogP) is 1.67. The predicted molar refractivity (Wildman–Crippen MR) is 113 cm³/mol. The Morgan fingerprint density at radius 2 is 2.03 bits per heavy atom. The molecule has 3 heterocycles. The first-order valence-corrected chi connectivity index (χ1v) is 10.5. The lowest BCUT2D eigenvalue weighted by atomic mass is 10.0. The average Bonchev–Trinajstić information content (AvgIpc) is 3.58. The summed E-state index contributed by atoms with van der Waals surface area (Å²) in [6, 6.07) is 8.97. The molecule has 1 aromatic carbocycles. The van der Waals surface area contributed by atoms with Gasteiger partial charge in [0.1, 0.15) is 12.9 Å². The fourth-order valence-electron chi connectivity index (χ4n) is 3.29. The van der Waals surface area contributed by atoms with E-state index in [1.165, 1.54) is 16.0 Å². The highest BCUT2D eigenvalue weighted by atomic mass is 32.1. The number of rotatable bonds is 8. The molecule has 0 radical (unpaired) electrons. The third-order valence-corrected chi connectivity index (χ3v) is 5.72. The van der Waals surface area contributed by atoms with Gasteiger partial charge in [0.05, 0.1) is 30.9 Å². The summed E-state index contributed by atoms with van der Waals surface area (Å²) >= 11 is 1.54. The SMILES string of the molecule is COc1ccc(C2CC(c3cccs3)=NN2C(=O)COC(=O)Cn2cnnn2)cc1OC. The lowest BCUT2D eigenvalue weighted by Crippen LogP contribution is -2.32. The van der Waals surface area contributed by atoms with Gasteiger partial charge < -0.3 is 14.2 Å². The van der Waals surface area contributed by atoms with Crippen LogP contribution in [-0.4, -0.2) is 63.6 Å². The molecule has 1 amide bonds. The second kappa shape index (κ2) is 9.56. The molecule has 0 aliphatic carbocycles. The molecule has 0 saturated carbocycles. The second-order valence-corrected chi connectivity index (χ2v) is 7.71. The number of benzene rings is 1. The number of hydrazone groups is 1. The van der Waals surface area contributed by atoms with Crippen molar-refractivity contribution >= 4 is 28.9 Å². The topological polar surface area (TPSA) is 121 Å². The van der Waals surface area contributed by atoms with E-state index in [2.05, 4.69) is 20.6 Å². The van der Waals surface area contributed by atoms with Gasteiger partial charge in [-0.15, -0.1) is 16.4 Å². The lowest BCUT2D eigenvalue weighted by Gasteiger charge is -2.22. The molecule has 1 atom stereocenters. The largest absolute Gasteiger partial charge is 0.493 e. The number of methoxy groups -OCH3 is 2. The average molecular weight is 456 g/mol. The highest BCUT2D eigenvalue weighted by Crippen LogP contribution is 2.37. The van der Waals surface area contributed by atoms with E-state index in [0.717, 1.165) is 16.2 Å². The zero-order chi connectivity index (χ0) is 22.5. The normalized spacial score (nSPS) is 15.4. The third kappa shape index (κ3) is 4.59. The third-order valence-electron chi connectivity index (χ3n) is 4.80. The molecule has 0 fully saturated rings. The van der Waals surface area contributed by atoms with E-state index in [1.54, 1.807) is 31.6 Å². The van der Waals surface area contributed by atoms with Crippen molar-refractivity contribution in [3.05, 3.63) is 52.5 Å². The number of ether oxygens (including phenoxy) is 3. The lowest BCUT2D eigenvalue weighted by molar-refractivity contribution is -0.153. The summed E-state index contributed by atoms with van der Waals surface area (Å²) in [7, 11) is 3.11. The Morgan fingerprint density at radius 3 is 2.72 bits per heavy atom. The monoisotopic (exact) mass is 456 g/mol. The Morgan fingerprint density at radius 1 is 1.19 bits per heavy atom. The van der Waals surface area contributed by atoms with Gasteiger partial charge in [-0.2, -0.15) is 5.10 Å². The van der Waals surface area contributed by atoms with Crippen LogP contribution in [0.15, 0.2) is 47.1 Å². The van der Waals surface area contributed by atoms with Crippen LogP contribution in [0, 0.1) is 0 Å². The van der Waals surface area contributed by atoms with E-state index < -0.39 is 18.5 Å². The van der Waals surface area contributed by atoms with Crippen LogP contribution in [0.3, 0.4) is 0 Å². The first-order valence-electron chi connectivity index (χ1n) is 9.60. The maximum Gasteiger partial charge on any atom is 0.328 e. The molecule has 12 heteroatoms. The zero-order valence-corrected chi connectivity index (χ0v) is 18.2. The summed E-state index contributed by atoms with van der Waals surface area (Å²) in [6.07, 6.45) is 1.80. The number of esters is 1. The molecule has 0 spiro atoms. The molecule has 4 rings (SSSR count). The number of thiophene rings is 1. The number of tetrazole rings is 1. The van der Waals surface area contributed by atoms with Gasteiger partial charge in [-0.05, 0) is 39.6 Å². The minimum atomic E-state index is -0.630. The number of hydrogen-bond donors (Lipinski definition) is 0. The van der Waals surface area contributed by atoms with Crippen LogP contribution in [0.4, 0.5) is 0 Å². The van der Waals surface area contributed by atoms with E-state index >= 15 is 0 Å². The van der Waals surface area contributed by atoms with Crippen LogP contribution in [0.2, 0.25) is 0 Å². The fraction of sp³-hybridized carbons (Fsp3) is 0.300. The maximum atomic E-state index is 13.0. The highest BCUT2D eigenvalue weighted by Gasteiger charge is 2.34. The van der Waals surface area contributed by atoms with Gasteiger partial charge >= 0.3 is 5.97 Å². The summed E-state index contributed by atoms with van der Waals surface area (Å²) in [6.45, 7) is -0.644. The van der Waals surface area contributed by atoms with Crippen molar-refractivity contribution in [3.63, 3.8) is 0 Å². The number of hydrogen-bond acceptors (Lipinski definition) is 10. The molecule has 1 aliphatic heterocycles. The number of nitrogens with zero attached hydrogens (tertiary/aromatic N) is 6. The first-order chi connectivity index (χ1) is 15.6. The van der Waals surface area contributed by atoms with Crippen LogP contribution in [-0.2, 0) is 20.9 Å². The summed E-state index contributed by atoms with van der Waals surface area (Å²) in [5, 5.41) is 18.4. The Kier molecular flexibility index (Phi) is 6.40.